The Hall–Kier alpha value is -4.17. The van der Waals surface area contributed by atoms with Gasteiger partial charge in [-0.1, -0.05) is 78.9 Å². The Morgan fingerprint density at radius 2 is 1.56 bits per heavy atom. The number of carbonyl (C=O) groups is 3. The third kappa shape index (κ3) is 6.60. The second-order valence-electron chi connectivity index (χ2n) is 10.7. The lowest BCUT2D eigenvalue weighted by Crippen LogP contribution is -2.58. The van der Waals surface area contributed by atoms with Gasteiger partial charge in [0.15, 0.2) is 0 Å². The van der Waals surface area contributed by atoms with Gasteiger partial charge in [-0.2, -0.15) is 0 Å². The van der Waals surface area contributed by atoms with Gasteiger partial charge in [0.25, 0.3) is 0 Å². The third-order valence-electron chi connectivity index (χ3n) is 8.03. The number of ether oxygens (including phenoxy) is 2. The second-order valence-corrected chi connectivity index (χ2v) is 10.7. The van der Waals surface area contributed by atoms with E-state index in [1.54, 1.807) is 11.8 Å². The van der Waals surface area contributed by atoms with Crippen molar-refractivity contribution in [2.45, 2.75) is 63.3 Å². The number of nitrogens with one attached hydrogen (secondary N) is 1. The Kier molecular flexibility index (Phi) is 8.99. The first-order valence-corrected chi connectivity index (χ1v) is 14.2. The van der Waals surface area contributed by atoms with E-state index in [9.17, 15) is 19.5 Å². The van der Waals surface area contributed by atoms with E-state index in [0.717, 1.165) is 40.7 Å². The van der Waals surface area contributed by atoms with Crippen LogP contribution in [0.25, 0.3) is 11.1 Å². The Bertz CT molecular complexity index is 1330. The predicted molar refractivity (Wildman–Crippen MR) is 154 cm³/mol. The summed E-state index contributed by atoms with van der Waals surface area (Å²) in [6, 6.07) is 24.3. The van der Waals surface area contributed by atoms with Gasteiger partial charge in [-0.15, -0.1) is 0 Å². The molecule has 8 heteroatoms. The van der Waals surface area contributed by atoms with Crippen LogP contribution in [0.4, 0.5) is 4.79 Å². The molecule has 3 aromatic rings. The summed E-state index contributed by atoms with van der Waals surface area (Å²) in [7, 11) is 0. The summed E-state index contributed by atoms with van der Waals surface area (Å²) in [6.45, 7) is 2.55. The number of fused-ring (bicyclic) bond motifs is 3. The number of piperidine rings is 1. The van der Waals surface area contributed by atoms with Crippen LogP contribution in [-0.4, -0.2) is 59.3 Å². The minimum Gasteiger partial charge on any atom is -0.481 e. The number of carboxylic acids is 1. The number of alkyl carbamates (subject to hydrolysis) is 1. The van der Waals surface area contributed by atoms with Gasteiger partial charge < -0.3 is 24.8 Å². The summed E-state index contributed by atoms with van der Waals surface area (Å²) in [5.41, 5.74) is 5.38. The molecule has 2 aliphatic rings. The zero-order chi connectivity index (χ0) is 28.8. The van der Waals surface area contributed by atoms with Gasteiger partial charge in [0.05, 0.1) is 19.1 Å². The number of nitrogens with zero attached hydrogens (tertiary/aromatic N) is 1. The van der Waals surface area contributed by atoms with Crippen molar-refractivity contribution in [1.82, 2.24) is 10.2 Å². The molecular formula is C33H36N2O6. The van der Waals surface area contributed by atoms with Crippen molar-refractivity contribution in [3.63, 3.8) is 0 Å². The molecule has 8 nitrogen and oxygen atoms in total. The van der Waals surface area contributed by atoms with Crippen LogP contribution < -0.4 is 5.32 Å². The number of benzene rings is 3. The number of likely N-dealkylation sites (tertiary alicyclic amines) is 1. The molecule has 0 bridgehead atoms. The van der Waals surface area contributed by atoms with Crippen molar-refractivity contribution in [3.05, 3.63) is 95.6 Å². The van der Waals surface area contributed by atoms with Crippen LogP contribution in [0.2, 0.25) is 0 Å². The molecule has 0 radical (unpaired) electrons. The third-order valence-corrected chi connectivity index (χ3v) is 8.03. The lowest BCUT2D eigenvalue weighted by atomic mass is 9.97. The normalized spacial score (nSPS) is 17.7. The smallest absolute Gasteiger partial charge is 0.407 e. The van der Waals surface area contributed by atoms with Gasteiger partial charge in [-0.3, -0.25) is 9.59 Å². The maximum Gasteiger partial charge on any atom is 0.407 e. The molecule has 1 aliphatic carbocycles. The van der Waals surface area contributed by atoms with E-state index in [1.807, 2.05) is 66.7 Å². The van der Waals surface area contributed by atoms with Crippen LogP contribution in [-0.2, 0) is 25.7 Å². The molecule has 3 aromatic carbocycles. The summed E-state index contributed by atoms with van der Waals surface area (Å²) >= 11 is 0. The van der Waals surface area contributed by atoms with Crippen molar-refractivity contribution < 1.29 is 29.0 Å². The maximum absolute atomic E-state index is 13.8. The molecule has 1 heterocycles. The highest BCUT2D eigenvalue weighted by molar-refractivity contribution is 5.87. The Labute approximate surface area is 240 Å². The van der Waals surface area contributed by atoms with Gasteiger partial charge in [0, 0.05) is 18.5 Å². The Morgan fingerprint density at radius 1 is 0.927 bits per heavy atom. The number of carboxylic acid groups (broad SMARTS) is 1. The lowest BCUT2D eigenvalue weighted by Gasteiger charge is -2.38. The summed E-state index contributed by atoms with van der Waals surface area (Å²) in [5.74, 6) is -1.43. The van der Waals surface area contributed by atoms with Crippen molar-refractivity contribution >= 4 is 18.0 Å². The predicted octanol–water partition coefficient (Wildman–Crippen LogP) is 5.35. The highest BCUT2D eigenvalue weighted by atomic mass is 16.5. The topological polar surface area (TPSA) is 105 Å². The summed E-state index contributed by atoms with van der Waals surface area (Å²) in [4.78, 5) is 40.2. The number of hydrogen-bond donors (Lipinski definition) is 2. The zero-order valence-corrected chi connectivity index (χ0v) is 23.2. The molecule has 0 spiro atoms. The molecule has 1 saturated heterocycles. The number of carbonyl (C=O) groups excluding carboxylic acids is 2. The van der Waals surface area contributed by atoms with E-state index in [2.05, 4.69) is 17.4 Å². The van der Waals surface area contributed by atoms with E-state index in [0.29, 0.717) is 13.0 Å². The molecule has 0 saturated carbocycles. The number of hydrogen-bond acceptors (Lipinski definition) is 5. The molecule has 5 rings (SSSR count). The Balaban J connectivity index is 1.30. The monoisotopic (exact) mass is 556 g/mol. The fourth-order valence-corrected chi connectivity index (χ4v) is 5.93. The molecule has 41 heavy (non-hydrogen) atoms. The zero-order valence-electron chi connectivity index (χ0n) is 23.2. The Morgan fingerprint density at radius 3 is 2.22 bits per heavy atom. The van der Waals surface area contributed by atoms with Gasteiger partial charge in [0.2, 0.25) is 5.91 Å². The molecule has 214 valence electrons. The van der Waals surface area contributed by atoms with Gasteiger partial charge in [-0.05, 0) is 54.0 Å². The lowest BCUT2D eigenvalue weighted by molar-refractivity contribution is -0.145. The molecular weight excluding hydrogens is 520 g/mol. The highest BCUT2D eigenvalue weighted by Crippen LogP contribution is 2.44. The van der Waals surface area contributed by atoms with E-state index in [4.69, 9.17) is 9.47 Å². The van der Waals surface area contributed by atoms with E-state index < -0.39 is 30.3 Å². The first-order chi connectivity index (χ1) is 19.9. The summed E-state index contributed by atoms with van der Waals surface area (Å²) in [6.07, 6.45) is 0.700. The number of amides is 2. The van der Waals surface area contributed by atoms with Crippen LogP contribution >= 0.6 is 0 Å². The number of rotatable bonds is 10. The molecule has 3 atom stereocenters. The maximum atomic E-state index is 13.8. The molecule has 2 N–H and O–H groups in total. The minimum atomic E-state index is -1.04. The number of aliphatic carboxylic acids is 1. The van der Waals surface area contributed by atoms with Crippen LogP contribution in [0.1, 0.15) is 55.2 Å². The average molecular weight is 557 g/mol. The fraction of sp³-hybridized carbons (Fsp3) is 0.364. The van der Waals surface area contributed by atoms with Crippen LogP contribution in [0, 0.1) is 0 Å². The van der Waals surface area contributed by atoms with Crippen LogP contribution in [0.3, 0.4) is 0 Å². The average Bonchev–Trinajstić information content (AvgIpc) is 3.31. The van der Waals surface area contributed by atoms with Gasteiger partial charge in [0.1, 0.15) is 12.6 Å². The van der Waals surface area contributed by atoms with E-state index >= 15 is 0 Å². The van der Waals surface area contributed by atoms with Gasteiger partial charge >= 0.3 is 12.1 Å². The fourth-order valence-electron chi connectivity index (χ4n) is 5.93. The van der Waals surface area contributed by atoms with Crippen LogP contribution in [0.5, 0.6) is 0 Å². The first kappa shape index (κ1) is 28.4. The van der Waals surface area contributed by atoms with Crippen molar-refractivity contribution in [2.75, 3.05) is 13.2 Å². The summed E-state index contributed by atoms with van der Waals surface area (Å²) < 4.78 is 11.8. The summed E-state index contributed by atoms with van der Waals surface area (Å²) in [5, 5.41) is 12.2. The largest absolute Gasteiger partial charge is 0.481 e. The highest BCUT2D eigenvalue weighted by Gasteiger charge is 2.37. The van der Waals surface area contributed by atoms with Gasteiger partial charge in [-0.25, -0.2) is 4.79 Å². The quantitative estimate of drug-likeness (QED) is 0.349. The first-order valence-electron chi connectivity index (χ1n) is 14.2. The molecule has 1 fully saturated rings. The van der Waals surface area contributed by atoms with Crippen molar-refractivity contribution in [3.8, 4) is 11.1 Å². The van der Waals surface area contributed by atoms with Crippen molar-refractivity contribution in [1.29, 1.82) is 0 Å². The molecule has 1 aliphatic heterocycles. The SMILES string of the molecule is C[C@H](OCc1ccccc1)[C@@H](NC(=O)OCC1c2ccccc2-c2ccccc21)C(=O)N1CCCC[C@H]1CC(=O)O. The van der Waals surface area contributed by atoms with E-state index in [1.165, 1.54) is 0 Å². The molecule has 0 unspecified atom stereocenters. The second kappa shape index (κ2) is 13.0. The van der Waals surface area contributed by atoms with Crippen LogP contribution in [0.15, 0.2) is 78.9 Å². The standard InChI is InChI=1S/C33H36N2O6/c1-22(40-20-23-11-3-2-4-12-23)31(32(38)35-18-10-9-13-24(35)19-30(36)37)34-33(39)41-21-29-27-16-7-5-14-25(27)26-15-6-8-17-28(26)29/h2-8,11-12,14-17,22,24,29,31H,9-10,13,18-21H2,1H3,(H,34,39)(H,36,37)/t22-,24-,31+/m0/s1. The van der Waals surface area contributed by atoms with Crippen molar-refractivity contribution in [2.24, 2.45) is 0 Å². The molecule has 2 amide bonds. The minimum absolute atomic E-state index is 0.115. The molecule has 0 aromatic heterocycles. The van der Waals surface area contributed by atoms with E-state index in [-0.39, 0.29) is 31.5 Å².